The summed E-state index contributed by atoms with van der Waals surface area (Å²) in [5.74, 6) is 0.453. The summed E-state index contributed by atoms with van der Waals surface area (Å²) in [5, 5.41) is 0.0853. The molecule has 0 radical (unpaired) electrons. The van der Waals surface area contributed by atoms with Crippen LogP contribution in [0.25, 0.3) is 0 Å². The molecule has 1 aliphatic heterocycles. The van der Waals surface area contributed by atoms with Crippen LogP contribution in [0.5, 0.6) is 0 Å². The molecule has 5 heteroatoms. The van der Waals surface area contributed by atoms with E-state index >= 15 is 0 Å². The van der Waals surface area contributed by atoms with Gasteiger partial charge >= 0.3 is 0 Å². The van der Waals surface area contributed by atoms with Gasteiger partial charge in [-0.2, -0.15) is 0 Å². The molecule has 1 amide bonds. The van der Waals surface area contributed by atoms with Gasteiger partial charge in [-0.15, -0.1) is 22.9 Å². The molecule has 3 nitrogen and oxygen atoms in total. The van der Waals surface area contributed by atoms with Crippen LogP contribution in [0.1, 0.15) is 22.3 Å². The quantitative estimate of drug-likeness (QED) is 0.710. The average Bonchev–Trinajstić information content (AvgIpc) is 2.74. The summed E-state index contributed by atoms with van der Waals surface area (Å²) < 4.78 is 0. The van der Waals surface area contributed by atoms with Crippen molar-refractivity contribution in [1.29, 1.82) is 0 Å². The first-order valence-electron chi connectivity index (χ1n) is 4.93. The lowest BCUT2D eigenvalue weighted by molar-refractivity contribution is 0.0792. The lowest BCUT2D eigenvalue weighted by Gasteiger charge is -2.14. The Hall–Kier alpha value is -0.610. The highest BCUT2D eigenvalue weighted by Crippen LogP contribution is 2.24. The third-order valence-corrected chi connectivity index (χ3v) is 4.23. The fourth-order valence-electron chi connectivity index (χ4n) is 1.74. The molecule has 2 heterocycles. The number of aromatic nitrogens is 1. The number of alkyl halides is 1. The van der Waals surface area contributed by atoms with E-state index in [2.05, 4.69) is 11.9 Å². The molecule has 2 atom stereocenters. The molecular weight excluding hydrogens is 232 g/mol. The van der Waals surface area contributed by atoms with Gasteiger partial charge < -0.3 is 4.90 Å². The summed E-state index contributed by atoms with van der Waals surface area (Å²) in [6, 6.07) is 0. The number of hydrogen-bond donors (Lipinski definition) is 0. The summed E-state index contributed by atoms with van der Waals surface area (Å²) in [5.41, 5.74) is 2.52. The second kappa shape index (κ2) is 4.10. The summed E-state index contributed by atoms with van der Waals surface area (Å²) >= 11 is 7.50. The summed E-state index contributed by atoms with van der Waals surface area (Å²) in [4.78, 5) is 18.7. The van der Waals surface area contributed by atoms with Gasteiger partial charge in [-0.1, -0.05) is 6.92 Å². The van der Waals surface area contributed by atoms with E-state index in [0.717, 1.165) is 17.1 Å². The van der Waals surface area contributed by atoms with Gasteiger partial charge in [-0.3, -0.25) is 4.79 Å². The van der Waals surface area contributed by atoms with E-state index in [1.54, 1.807) is 5.51 Å². The SMILES string of the molecule is Cc1ncsc1C(=O)N1CC(C)C(Cl)C1. The topological polar surface area (TPSA) is 33.2 Å². The van der Waals surface area contributed by atoms with Crippen LogP contribution in [0.15, 0.2) is 5.51 Å². The number of rotatable bonds is 1. The van der Waals surface area contributed by atoms with Crippen molar-refractivity contribution in [3.05, 3.63) is 16.1 Å². The Morgan fingerprint density at radius 2 is 2.40 bits per heavy atom. The van der Waals surface area contributed by atoms with Gasteiger partial charge in [0.05, 0.1) is 16.6 Å². The smallest absolute Gasteiger partial charge is 0.265 e. The fourth-order valence-corrected chi connectivity index (χ4v) is 2.76. The number of halogens is 1. The number of thiazole rings is 1. The first-order valence-corrected chi connectivity index (χ1v) is 6.24. The number of likely N-dealkylation sites (tertiary alicyclic amines) is 1. The molecule has 1 aliphatic rings. The first kappa shape index (κ1) is 10.9. The van der Waals surface area contributed by atoms with E-state index in [0.29, 0.717) is 12.5 Å². The van der Waals surface area contributed by atoms with Crippen LogP contribution >= 0.6 is 22.9 Å². The Balaban J connectivity index is 2.13. The van der Waals surface area contributed by atoms with Crippen LogP contribution in [-0.2, 0) is 0 Å². The molecule has 1 aromatic heterocycles. The second-order valence-electron chi connectivity index (χ2n) is 3.97. The van der Waals surface area contributed by atoms with Crippen molar-refractivity contribution in [1.82, 2.24) is 9.88 Å². The van der Waals surface area contributed by atoms with Crippen LogP contribution in [0, 0.1) is 12.8 Å². The maximum atomic E-state index is 12.1. The number of carbonyl (C=O) groups is 1. The minimum absolute atomic E-state index is 0.0741. The van der Waals surface area contributed by atoms with Crippen molar-refractivity contribution in [2.75, 3.05) is 13.1 Å². The molecule has 2 rings (SSSR count). The highest BCUT2D eigenvalue weighted by Gasteiger charge is 2.32. The Bertz CT molecular complexity index is 369. The van der Waals surface area contributed by atoms with E-state index in [1.165, 1.54) is 11.3 Å². The van der Waals surface area contributed by atoms with Crippen LogP contribution in [0.3, 0.4) is 0 Å². The number of amides is 1. The Morgan fingerprint density at radius 3 is 2.87 bits per heavy atom. The van der Waals surface area contributed by atoms with Gasteiger partial charge in [-0.05, 0) is 12.8 Å². The number of carbonyl (C=O) groups excluding carboxylic acids is 1. The summed E-state index contributed by atoms with van der Waals surface area (Å²) in [6.07, 6.45) is 0. The summed E-state index contributed by atoms with van der Waals surface area (Å²) in [6.45, 7) is 5.34. The molecule has 0 aromatic carbocycles. The zero-order valence-corrected chi connectivity index (χ0v) is 10.3. The number of aryl methyl sites for hydroxylation is 1. The molecule has 0 saturated carbocycles. The molecule has 1 aromatic rings. The maximum absolute atomic E-state index is 12.1. The minimum atomic E-state index is 0.0741. The third kappa shape index (κ3) is 2.01. The second-order valence-corrected chi connectivity index (χ2v) is 5.39. The van der Waals surface area contributed by atoms with E-state index in [9.17, 15) is 4.79 Å². The van der Waals surface area contributed by atoms with Crippen molar-refractivity contribution >= 4 is 28.8 Å². The number of nitrogens with zero attached hydrogens (tertiary/aromatic N) is 2. The van der Waals surface area contributed by atoms with Gasteiger partial charge in [-0.25, -0.2) is 4.98 Å². The van der Waals surface area contributed by atoms with Crippen LogP contribution in [0.4, 0.5) is 0 Å². The number of hydrogen-bond acceptors (Lipinski definition) is 3. The zero-order valence-electron chi connectivity index (χ0n) is 8.74. The van der Waals surface area contributed by atoms with Crippen molar-refractivity contribution in [3.63, 3.8) is 0 Å². The summed E-state index contributed by atoms with van der Waals surface area (Å²) in [7, 11) is 0. The lowest BCUT2D eigenvalue weighted by atomic mass is 10.2. The van der Waals surface area contributed by atoms with Crippen LogP contribution in [0.2, 0.25) is 0 Å². The van der Waals surface area contributed by atoms with Gasteiger partial charge in [0, 0.05) is 13.1 Å². The van der Waals surface area contributed by atoms with E-state index in [1.807, 2.05) is 11.8 Å². The molecule has 0 spiro atoms. The van der Waals surface area contributed by atoms with E-state index in [4.69, 9.17) is 11.6 Å². The molecule has 1 fully saturated rings. The van der Waals surface area contributed by atoms with Crippen molar-refractivity contribution < 1.29 is 4.79 Å². The molecule has 0 N–H and O–H groups in total. The monoisotopic (exact) mass is 244 g/mol. The molecule has 1 saturated heterocycles. The zero-order chi connectivity index (χ0) is 11.0. The Kier molecular flexibility index (Phi) is 2.98. The normalized spacial score (nSPS) is 25.9. The standard InChI is InChI=1S/C10H13ClN2OS/c1-6-3-13(4-8(6)11)10(14)9-7(2)12-5-15-9/h5-6,8H,3-4H2,1-2H3. The molecule has 15 heavy (non-hydrogen) atoms. The van der Waals surface area contributed by atoms with Crippen molar-refractivity contribution in [3.8, 4) is 0 Å². The molecule has 0 bridgehead atoms. The third-order valence-electron chi connectivity index (χ3n) is 2.75. The molecule has 2 unspecified atom stereocenters. The highest BCUT2D eigenvalue weighted by molar-refractivity contribution is 7.11. The molecular formula is C10H13ClN2OS. The van der Waals surface area contributed by atoms with Gasteiger partial charge in [0.25, 0.3) is 5.91 Å². The minimum Gasteiger partial charge on any atom is -0.336 e. The first-order chi connectivity index (χ1) is 7.09. The highest BCUT2D eigenvalue weighted by atomic mass is 35.5. The van der Waals surface area contributed by atoms with Crippen LogP contribution in [-0.4, -0.2) is 34.3 Å². The maximum Gasteiger partial charge on any atom is 0.265 e. The van der Waals surface area contributed by atoms with Crippen molar-refractivity contribution in [2.24, 2.45) is 5.92 Å². The lowest BCUT2D eigenvalue weighted by Crippen LogP contribution is -2.28. The van der Waals surface area contributed by atoms with E-state index in [-0.39, 0.29) is 11.3 Å². The van der Waals surface area contributed by atoms with E-state index < -0.39 is 0 Å². The predicted molar refractivity (Wildman–Crippen MR) is 61.6 cm³/mol. The van der Waals surface area contributed by atoms with Crippen molar-refractivity contribution in [2.45, 2.75) is 19.2 Å². The van der Waals surface area contributed by atoms with Crippen LogP contribution < -0.4 is 0 Å². The average molecular weight is 245 g/mol. The molecule has 82 valence electrons. The van der Waals surface area contributed by atoms with Gasteiger partial charge in [0.15, 0.2) is 0 Å². The van der Waals surface area contributed by atoms with Gasteiger partial charge in [0.2, 0.25) is 0 Å². The largest absolute Gasteiger partial charge is 0.336 e. The fraction of sp³-hybridized carbons (Fsp3) is 0.600. The van der Waals surface area contributed by atoms with Gasteiger partial charge in [0.1, 0.15) is 4.88 Å². The Labute approximate surface area is 98.1 Å². The Morgan fingerprint density at radius 1 is 1.67 bits per heavy atom. The predicted octanol–water partition coefficient (Wildman–Crippen LogP) is 2.15. The molecule has 0 aliphatic carbocycles.